The van der Waals surface area contributed by atoms with Gasteiger partial charge >= 0.3 is 0 Å². The van der Waals surface area contributed by atoms with E-state index in [1.54, 1.807) is 12.1 Å². The molecule has 1 atom stereocenters. The van der Waals surface area contributed by atoms with E-state index in [1.165, 1.54) is 6.07 Å². The van der Waals surface area contributed by atoms with Crippen LogP contribution in [0.5, 0.6) is 0 Å². The van der Waals surface area contributed by atoms with E-state index in [0.717, 1.165) is 31.6 Å². The second-order valence-corrected chi connectivity index (χ2v) is 4.69. The van der Waals surface area contributed by atoms with Crippen molar-refractivity contribution in [1.82, 2.24) is 4.90 Å². The van der Waals surface area contributed by atoms with Crippen LogP contribution in [0.4, 0.5) is 4.39 Å². The summed E-state index contributed by atoms with van der Waals surface area (Å²) in [6.45, 7) is 2.57. The predicted molar refractivity (Wildman–Crippen MR) is 63.6 cm³/mol. The standard InChI is InChI=1S/C13H17FN2O/c14-12-3-1-2-10(6-12)8-16-5-4-11(9-16)7-13(15)17/h1-3,6,11H,4-5,7-9H2,(H2,15,17). The Kier molecular flexibility index (Phi) is 3.74. The van der Waals surface area contributed by atoms with Crippen molar-refractivity contribution in [1.29, 1.82) is 0 Å². The molecule has 92 valence electrons. The van der Waals surface area contributed by atoms with E-state index in [9.17, 15) is 9.18 Å². The molecule has 1 aliphatic rings. The third-order valence-corrected chi connectivity index (χ3v) is 3.16. The number of primary amides is 1. The van der Waals surface area contributed by atoms with E-state index in [0.29, 0.717) is 12.3 Å². The van der Waals surface area contributed by atoms with Gasteiger partial charge in [0, 0.05) is 19.5 Å². The van der Waals surface area contributed by atoms with Gasteiger partial charge < -0.3 is 5.73 Å². The lowest BCUT2D eigenvalue weighted by molar-refractivity contribution is -0.118. The van der Waals surface area contributed by atoms with E-state index in [-0.39, 0.29) is 11.7 Å². The molecule has 0 aliphatic carbocycles. The van der Waals surface area contributed by atoms with Crippen molar-refractivity contribution in [2.75, 3.05) is 13.1 Å². The van der Waals surface area contributed by atoms with Crippen LogP contribution < -0.4 is 5.73 Å². The molecule has 1 heterocycles. The SMILES string of the molecule is NC(=O)CC1CCN(Cc2cccc(F)c2)C1. The van der Waals surface area contributed by atoms with Crippen molar-refractivity contribution >= 4 is 5.91 Å². The summed E-state index contributed by atoms with van der Waals surface area (Å²) in [6.07, 6.45) is 1.46. The Hall–Kier alpha value is -1.42. The molecule has 3 nitrogen and oxygen atoms in total. The Morgan fingerprint density at radius 1 is 1.53 bits per heavy atom. The zero-order chi connectivity index (χ0) is 12.3. The van der Waals surface area contributed by atoms with E-state index in [2.05, 4.69) is 4.90 Å². The smallest absolute Gasteiger partial charge is 0.217 e. The maximum Gasteiger partial charge on any atom is 0.217 e. The molecule has 0 spiro atoms. The number of likely N-dealkylation sites (tertiary alicyclic amines) is 1. The first-order valence-corrected chi connectivity index (χ1v) is 5.88. The normalized spacial score (nSPS) is 20.6. The maximum atomic E-state index is 13.0. The Labute approximate surface area is 100 Å². The van der Waals surface area contributed by atoms with Crippen LogP contribution in [0.2, 0.25) is 0 Å². The number of nitrogens with zero attached hydrogens (tertiary/aromatic N) is 1. The van der Waals surface area contributed by atoms with Crippen LogP contribution in [0.1, 0.15) is 18.4 Å². The highest BCUT2D eigenvalue weighted by molar-refractivity contribution is 5.74. The number of amides is 1. The molecule has 4 heteroatoms. The van der Waals surface area contributed by atoms with Crippen molar-refractivity contribution in [3.05, 3.63) is 35.6 Å². The van der Waals surface area contributed by atoms with Gasteiger partial charge in [0.05, 0.1) is 0 Å². The number of nitrogens with two attached hydrogens (primary N) is 1. The van der Waals surface area contributed by atoms with Gasteiger partial charge in [-0.3, -0.25) is 9.69 Å². The molecule has 1 unspecified atom stereocenters. The van der Waals surface area contributed by atoms with Crippen LogP contribution in [-0.2, 0) is 11.3 Å². The summed E-state index contributed by atoms with van der Waals surface area (Å²) in [6, 6.07) is 6.65. The molecule has 2 N–H and O–H groups in total. The second kappa shape index (κ2) is 5.27. The first-order valence-electron chi connectivity index (χ1n) is 5.88. The third kappa shape index (κ3) is 3.53. The van der Waals surface area contributed by atoms with Gasteiger partial charge in [0.25, 0.3) is 0 Å². The average molecular weight is 236 g/mol. The molecular weight excluding hydrogens is 219 g/mol. The van der Waals surface area contributed by atoms with Gasteiger partial charge in [0.2, 0.25) is 5.91 Å². The average Bonchev–Trinajstić information content (AvgIpc) is 2.64. The van der Waals surface area contributed by atoms with Gasteiger partial charge in [-0.25, -0.2) is 4.39 Å². The van der Waals surface area contributed by atoms with Crippen LogP contribution >= 0.6 is 0 Å². The number of carbonyl (C=O) groups excluding carboxylic acids is 1. The van der Waals surface area contributed by atoms with Gasteiger partial charge in [0.15, 0.2) is 0 Å². The van der Waals surface area contributed by atoms with Crippen LogP contribution in [0.15, 0.2) is 24.3 Å². The summed E-state index contributed by atoms with van der Waals surface area (Å²) in [7, 11) is 0. The Balaban J connectivity index is 1.87. The fraction of sp³-hybridized carbons (Fsp3) is 0.462. The van der Waals surface area contributed by atoms with Gasteiger partial charge in [-0.15, -0.1) is 0 Å². The zero-order valence-electron chi connectivity index (χ0n) is 9.73. The van der Waals surface area contributed by atoms with Crippen molar-refractivity contribution in [2.24, 2.45) is 11.7 Å². The van der Waals surface area contributed by atoms with Crippen molar-refractivity contribution in [3.8, 4) is 0 Å². The van der Waals surface area contributed by atoms with Crippen LogP contribution in [-0.4, -0.2) is 23.9 Å². The first kappa shape index (κ1) is 12.0. The molecule has 17 heavy (non-hydrogen) atoms. The fourth-order valence-corrected chi connectivity index (χ4v) is 2.40. The van der Waals surface area contributed by atoms with E-state index < -0.39 is 0 Å². The van der Waals surface area contributed by atoms with Gasteiger partial charge in [0.1, 0.15) is 5.82 Å². The lowest BCUT2D eigenvalue weighted by atomic mass is 10.1. The number of hydrogen-bond donors (Lipinski definition) is 1. The molecule has 1 aromatic rings. The van der Waals surface area contributed by atoms with Crippen LogP contribution in [0.3, 0.4) is 0 Å². The fourth-order valence-electron chi connectivity index (χ4n) is 2.40. The highest BCUT2D eigenvalue weighted by atomic mass is 19.1. The number of hydrogen-bond acceptors (Lipinski definition) is 2. The maximum absolute atomic E-state index is 13.0. The third-order valence-electron chi connectivity index (χ3n) is 3.16. The zero-order valence-corrected chi connectivity index (χ0v) is 9.73. The van der Waals surface area contributed by atoms with Crippen molar-refractivity contribution in [2.45, 2.75) is 19.4 Å². The molecule has 2 rings (SSSR count). The molecule has 0 aromatic heterocycles. The van der Waals surface area contributed by atoms with E-state index in [4.69, 9.17) is 5.73 Å². The summed E-state index contributed by atoms with van der Waals surface area (Å²) in [5, 5.41) is 0. The first-order chi connectivity index (χ1) is 8.13. The predicted octanol–water partition coefficient (Wildman–Crippen LogP) is 1.52. The lowest BCUT2D eigenvalue weighted by Gasteiger charge is -2.15. The van der Waals surface area contributed by atoms with Crippen molar-refractivity contribution in [3.63, 3.8) is 0 Å². The van der Waals surface area contributed by atoms with Gasteiger partial charge in [-0.1, -0.05) is 12.1 Å². The summed E-state index contributed by atoms with van der Waals surface area (Å²) in [5.74, 6) is -0.0703. The lowest BCUT2D eigenvalue weighted by Crippen LogP contribution is -2.22. The van der Waals surface area contributed by atoms with E-state index in [1.807, 2.05) is 6.07 Å². The Morgan fingerprint density at radius 3 is 3.06 bits per heavy atom. The summed E-state index contributed by atoms with van der Waals surface area (Å²) in [5.41, 5.74) is 6.16. The molecule has 0 saturated carbocycles. The minimum atomic E-state index is -0.234. The van der Waals surface area contributed by atoms with Crippen molar-refractivity contribution < 1.29 is 9.18 Å². The second-order valence-electron chi connectivity index (χ2n) is 4.69. The molecule has 0 radical (unpaired) electrons. The highest BCUT2D eigenvalue weighted by Crippen LogP contribution is 2.21. The number of carbonyl (C=O) groups is 1. The molecule has 1 saturated heterocycles. The molecule has 1 aliphatic heterocycles. The van der Waals surface area contributed by atoms with E-state index >= 15 is 0 Å². The molecule has 1 amide bonds. The number of halogens is 1. The number of rotatable bonds is 4. The van der Waals surface area contributed by atoms with Gasteiger partial charge in [-0.2, -0.15) is 0 Å². The van der Waals surface area contributed by atoms with Gasteiger partial charge in [-0.05, 0) is 36.6 Å². The minimum absolute atomic E-state index is 0.199. The van der Waals surface area contributed by atoms with Crippen LogP contribution in [0.25, 0.3) is 0 Å². The largest absolute Gasteiger partial charge is 0.370 e. The van der Waals surface area contributed by atoms with Crippen LogP contribution in [0, 0.1) is 11.7 Å². The molecule has 0 bridgehead atoms. The summed E-state index contributed by atoms with van der Waals surface area (Å²) >= 11 is 0. The molecule has 1 aromatic carbocycles. The monoisotopic (exact) mass is 236 g/mol. The summed E-state index contributed by atoms with van der Waals surface area (Å²) < 4.78 is 13.0. The number of benzene rings is 1. The topological polar surface area (TPSA) is 46.3 Å². The molecular formula is C13H17FN2O. The highest BCUT2D eigenvalue weighted by Gasteiger charge is 2.23. The summed E-state index contributed by atoms with van der Waals surface area (Å²) in [4.78, 5) is 13.1. The molecule has 1 fully saturated rings. The minimum Gasteiger partial charge on any atom is -0.370 e. The quantitative estimate of drug-likeness (QED) is 0.861. The Morgan fingerprint density at radius 2 is 2.35 bits per heavy atom. The Bertz CT molecular complexity index is 408.